The van der Waals surface area contributed by atoms with Gasteiger partial charge in [-0.05, 0) is 69.0 Å². The fourth-order valence-electron chi connectivity index (χ4n) is 4.30. The van der Waals surface area contributed by atoms with Crippen LogP contribution in [0.25, 0.3) is 22.2 Å². The fraction of sp³-hybridized carbons (Fsp3) is 0.125. The first kappa shape index (κ1) is 28.5. The van der Waals surface area contributed by atoms with Crippen LogP contribution in [0.2, 0.25) is 5.02 Å². The molecule has 0 saturated carbocycles. The van der Waals surface area contributed by atoms with Gasteiger partial charge in [0, 0.05) is 57.9 Å². The molecule has 0 aliphatic heterocycles. The second-order valence-corrected chi connectivity index (χ2v) is 10.4. The first-order valence-corrected chi connectivity index (χ1v) is 13.6. The number of fused-ring (bicyclic) bond motifs is 1. The van der Waals surface area contributed by atoms with Gasteiger partial charge in [0.25, 0.3) is 5.91 Å². The molecular formula is C32H30ClN7O2. The van der Waals surface area contributed by atoms with E-state index in [4.69, 9.17) is 16.6 Å². The molecule has 2 heterocycles. The lowest BCUT2D eigenvalue weighted by Gasteiger charge is -2.13. The third-order valence-corrected chi connectivity index (χ3v) is 6.76. The number of carbonyl (C=O) groups excluding carboxylic acids is 2. The van der Waals surface area contributed by atoms with E-state index in [-0.39, 0.29) is 11.8 Å². The molecule has 3 aromatic carbocycles. The van der Waals surface area contributed by atoms with Crippen LogP contribution in [0.3, 0.4) is 0 Å². The van der Waals surface area contributed by atoms with Crippen molar-refractivity contribution in [3.63, 3.8) is 0 Å². The number of nitrogens with one attached hydrogen (secondary N) is 4. The number of hydrogen-bond acceptors (Lipinski definition) is 6. The second kappa shape index (κ2) is 12.7. The van der Waals surface area contributed by atoms with Gasteiger partial charge in [0.05, 0.1) is 16.9 Å². The number of nitrogens with zero attached hydrogens (tertiary/aromatic N) is 3. The van der Waals surface area contributed by atoms with Gasteiger partial charge in [-0.25, -0.2) is 9.97 Å². The van der Waals surface area contributed by atoms with Crippen molar-refractivity contribution < 1.29 is 9.59 Å². The Bertz CT molecular complexity index is 1780. The third kappa shape index (κ3) is 6.83. The molecule has 0 atom stereocenters. The Balaban J connectivity index is 1.27. The van der Waals surface area contributed by atoms with Gasteiger partial charge in [-0.2, -0.15) is 0 Å². The molecule has 212 valence electrons. The molecule has 2 amide bonds. The minimum atomic E-state index is -0.280. The molecule has 0 radical (unpaired) electrons. The number of aromatic amines is 1. The predicted molar refractivity (Wildman–Crippen MR) is 170 cm³/mol. The van der Waals surface area contributed by atoms with Crippen LogP contribution < -0.4 is 16.0 Å². The molecule has 0 unspecified atom stereocenters. The van der Waals surface area contributed by atoms with Crippen molar-refractivity contribution in [2.24, 2.45) is 0 Å². The highest BCUT2D eigenvalue weighted by molar-refractivity contribution is 6.33. The maximum atomic E-state index is 13.0. The van der Waals surface area contributed by atoms with Crippen molar-refractivity contribution in [2.75, 3.05) is 36.6 Å². The molecule has 9 nitrogen and oxygen atoms in total. The molecule has 0 spiro atoms. The van der Waals surface area contributed by atoms with Crippen LogP contribution >= 0.6 is 11.6 Å². The Hall–Kier alpha value is -4.99. The van der Waals surface area contributed by atoms with E-state index in [0.717, 1.165) is 27.7 Å². The summed E-state index contributed by atoms with van der Waals surface area (Å²) in [5, 5.41) is 10.4. The van der Waals surface area contributed by atoms with Gasteiger partial charge in [-0.1, -0.05) is 41.9 Å². The zero-order chi connectivity index (χ0) is 29.6. The topological polar surface area (TPSA) is 115 Å². The van der Waals surface area contributed by atoms with E-state index < -0.39 is 0 Å². The van der Waals surface area contributed by atoms with E-state index in [9.17, 15) is 9.59 Å². The summed E-state index contributed by atoms with van der Waals surface area (Å²) in [6, 6.07) is 20.2. The predicted octanol–water partition coefficient (Wildman–Crippen LogP) is 6.64. The zero-order valence-corrected chi connectivity index (χ0v) is 24.2. The molecule has 2 aromatic heterocycles. The van der Waals surface area contributed by atoms with Crippen LogP contribution in [0.1, 0.15) is 15.9 Å². The molecule has 5 aromatic rings. The standard InChI is InChI=1S/C32H30ClN7O2/c1-20-10-13-23(37-31(42)21-11-14-22(15-12-21)36-29(41)9-6-16-40(2)3)17-28(20)38-32-35-19-26(33)30(39-32)25-18-34-27-8-5-4-7-24(25)27/h4-15,17-19,34H,16H2,1-3H3,(H,36,41)(H,37,42)(H,35,38,39). The second-order valence-electron chi connectivity index (χ2n) is 9.98. The van der Waals surface area contributed by atoms with Crippen molar-refractivity contribution >= 4 is 57.3 Å². The van der Waals surface area contributed by atoms with Crippen molar-refractivity contribution in [1.29, 1.82) is 0 Å². The van der Waals surface area contributed by atoms with Gasteiger partial charge >= 0.3 is 0 Å². The van der Waals surface area contributed by atoms with Gasteiger partial charge in [-0.3, -0.25) is 9.59 Å². The summed E-state index contributed by atoms with van der Waals surface area (Å²) in [6.45, 7) is 2.62. The van der Waals surface area contributed by atoms with Crippen molar-refractivity contribution in [2.45, 2.75) is 6.92 Å². The van der Waals surface area contributed by atoms with Crippen LogP contribution in [0.5, 0.6) is 0 Å². The first-order chi connectivity index (χ1) is 20.3. The lowest BCUT2D eigenvalue weighted by Crippen LogP contribution is -2.14. The minimum absolute atomic E-state index is 0.230. The summed E-state index contributed by atoms with van der Waals surface area (Å²) < 4.78 is 0. The van der Waals surface area contributed by atoms with Crippen LogP contribution in [0, 0.1) is 6.92 Å². The van der Waals surface area contributed by atoms with E-state index in [1.165, 1.54) is 6.08 Å². The molecule has 0 bridgehead atoms. The number of para-hydroxylation sites is 1. The summed E-state index contributed by atoms with van der Waals surface area (Å²) in [4.78, 5) is 39.3. The minimum Gasteiger partial charge on any atom is -0.360 e. The molecule has 0 aliphatic rings. The summed E-state index contributed by atoms with van der Waals surface area (Å²) >= 11 is 6.49. The normalized spacial score (nSPS) is 11.3. The van der Waals surface area contributed by atoms with E-state index in [1.807, 2.05) is 74.6 Å². The highest BCUT2D eigenvalue weighted by atomic mass is 35.5. The van der Waals surface area contributed by atoms with Crippen LogP contribution in [0.4, 0.5) is 23.0 Å². The largest absolute Gasteiger partial charge is 0.360 e. The number of amides is 2. The monoisotopic (exact) mass is 579 g/mol. The number of rotatable bonds is 9. The van der Waals surface area contributed by atoms with Gasteiger partial charge in [0.15, 0.2) is 0 Å². The van der Waals surface area contributed by atoms with Gasteiger partial charge in [-0.15, -0.1) is 0 Å². The quantitative estimate of drug-likeness (QED) is 0.146. The molecule has 4 N–H and O–H groups in total. The number of likely N-dealkylation sites (N-methyl/N-ethyl adjacent to an activating group) is 1. The molecule has 0 aliphatic carbocycles. The Kier molecular flexibility index (Phi) is 8.61. The number of hydrogen-bond donors (Lipinski definition) is 4. The Morgan fingerprint density at radius 3 is 2.55 bits per heavy atom. The van der Waals surface area contributed by atoms with Gasteiger partial charge in [0.2, 0.25) is 11.9 Å². The zero-order valence-electron chi connectivity index (χ0n) is 23.4. The maximum Gasteiger partial charge on any atom is 0.255 e. The Morgan fingerprint density at radius 2 is 1.76 bits per heavy atom. The average molecular weight is 580 g/mol. The number of H-pyrrole nitrogens is 1. The molecule has 5 rings (SSSR count). The number of aryl methyl sites for hydroxylation is 1. The van der Waals surface area contributed by atoms with E-state index in [2.05, 4.69) is 25.9 Å². The number of aromatic nitrogens is 3. The molecule has 10 heteroatoms. The van der Waals surface area contributed by atoms with Crippen LogP contribution in [-0.2, 0) is 4.79 Å². The molecule has 0 saturated heterocycles. The summed E-state index contributed by atoms with van der Waals surface area (Å²) in [5.74, 6) is -0.134. The highest BCUT2D eigenvalue weighted by Crippen LogP contribution is 2.33. The summed E-state index contributed by atoms with van der Waals surface area (Å²) in [6.07, 6.45) is 6.72. The number of anilines is 4. The van der Waals surface area contributed by atoms with Crippen LogP contribution in [-0.4, -0.2) is 52.3 Å². The molecule has 42 heavy (non-hydrogen) atoms. The SMILES string of the molecule is Cc1ccc(NC(=O)c2ccc(NC(=O)C=CCN(C)C)cc2)cc1Nc1ncc(Cl)c(-c2c[nH]c3ccccc23)n1. The van der Waals surface area contributed by atoms with E-state index in [1.54, 1.807) is 36.5 Å². The van der Waals surface area contributed by atoms with Crippen LogP contribution in [0.15, 0.2) is 91.3 Å². The first-order valence-electron chi connectivity index (χ1n) is 13.3. The number of benzene rings is 3. The fourth-order valence-corrected chi connectivity index (χ4v) is 4.49. The lowest BCUT2D eigenvalue weighted by molar-refractivity contribution is -0.111. The van der Waals surface area contributed by atoms with Crippen molar-refractivity contribution in [3.8, 4) is 11.3 Å². The summed E-state index contributed by atoms with van der Waals surface area (Å²) in [5.41, 5.74) is 5.81. The number of halogens is 1. The Labute approximate surface area is 248 Å². The average Bonchev–Trinajstić information content (AvgIpc) is 3.40. The highest BCUT2D eigenvalue weighted by Gasteiger charge is 2.14. The molecule has 0 fully saturated rings. The third-order valence-electron chi connectivity index (χ3n) is 6.48. The smallest absolute Gasteiger partial charge is 0.255 e. The van der Waals surface area contributed by atoms with Crippen molar-refractivity contribution in [1.82, 2.24) is 19.9 Å². The van der Waals surface area contributed by atoms with Gasteiger partial charge in [0.1, 0.15) is 0 Å². The maximum absolute atomic E-state index is 13.0. The van der Waals surface area contributed by atoms with E-state index in [0.29, 0.717) is 40.1 Å². The van der Waals surface area contributed by atoms with Gasteiger partial charge < -0.3 is 25.8 Å². The van der Waals surface area contributed by atoms with Crippen molar-refractivity contribution in [3.05, 3.63) is 107 Å². The molecular weight excluding hydrogens is 550 g/mol. The summed E-state index contributed by atoms with van der Waals surface area (Å²) in [7, 11) is 3.85. The number of carbonyl (C=O) groups is 2. The lowest BCUT2D eigenvalue weighted by atomic mass is 10.1. The Morgan fingerprint density at radius 1 is 1.00 bits per heavy atom. The van der Waals surface area contributed by atoms with E-state index >= 15 is 0 Å².